The Morgan fingerprint density at radius 1 is 1.21 bits per heavy atom. The molecule has 1 aromatic heterocycles. The standard InChI is InChI=1S/C23H31N3O8/c1-23(2,3)34-22(32)26-9-14-12(11-6-4-5-7-13(11)24-14)8-15(26)20(30)25-17-19(29)18(28)16(10-27)33-21(17)31/h4-7,15-19,21,24,27-29,31H,8-10H2,1-3H3,(H,25,30)/t15-,16+,17+,18+,19+,21+/m0/s1. The van der Waals surface area contributed by atoms with Crippen LogP contribution in [0, 0.1) is 0 Å². The van der Waals surface area contributed by atoms with Crippen molar-refractivity contribution in [2.75, 3.05) is 6.61 Å². The molecule has 4 rings (SSSR count). The van der Waals surface area contributed by atoms with Gasteiger partial charge in [-0.25, -0.2) is 4.79 Å². The SMILES string of the molecule is CC(C)(C)OC(=O)N1Cc2[nH]c3ccccc3c2C[C@H]1C(=O)N[C@@H]1[C@@H](O)[C@H](O)[C@@H](CO)O[C@H]1O. The van der Waals surface area contributed by atoms with Crippen LogP contribution < -0.4 is 5.32 Å². The number of benzene rings is 1. The second-order valence-electron chi connectivity index (χ2n) is 9.72. The molecule has 6 atom stereocenters. The van der Waals surface area contributed by atoms with Gasteiger partial charge in [0.15, 0.2) is 6.29 Å². The number of hydrogen-bond acceptors (Lipinski definition) is 8. The number of aliphatic hydroxyl groups is 4. The summed E-state index contributed by atoms with van der Waals surface area (Å²) in [5.74, 6) is -0.650. The third-order valence-electron chi connectivity index (χ3n) is 6.14. The molecule has 11 heteroatoms. The van der Waals surface area contributed by atoms with Crippen LogP contribution >= 0.6 is 0 Å². The molecule has 1 saturated heterocycles. The number of nitrogens with one attached hydrogen (secondary N) is 2. The maximum Gasteiger partial charge on any atom is 0.411 e. The molecular formula is C23H31N3O8. The molecule has 0 radical (unpaired) electrons. The monoisotopic (exact) mass is 477 g/mol. The number of aromatic amines is 1. The molecule has 0 unspecified atom stereocenters. The largest absolute Gasteiger partial charge is 0.444 e. The molecule has 11 nitrogen and oxygen atoms in total. The first-order chi connectivity index (χ1) is 16.0. The highest BCUT2D eigenvalue weighted by atomic mass is 16.6. The zero-order valence-corrected chi connectivity index (χ0v) is 19.3. The van der Waals surface area contributed by atoms with E-state index in [0.717, 1.165) is 22.2 Å². The second kappa shape index (κ2) is 9.16. The molecule has 34 heavy (non-hydrogen) atoms. The highest BCUT2D eigenvalue weighted by Gasteiger charge is 2.46. The summed E-state index contributed by atoms with van der Waals surface area (Å²) in [6.45, 7) is 4.66. The van der Waals surface area contributed by atoms with Crippen LogP contribution in [0.4, 0.5) is 4.79 Å². The van der Waals surface area contributed by atoms with E-state index in [1.54, 1.807) is 20.8 Å². The molecule has 3 heterocycles. The van der Waals surface area contributed by atoms with Gasteiger partial charge < -0.3 is 40.2 Å². The first kappa shape index (κ1) is 24.4. The Hall–Kier alpha value is -2.70. The molecule has 0 saturated carbocycles. The van der Waals surface area contributed by atoms with Gasteiger partial charge in [0.2, 0.25) is 5.91 Å². The van der Waals surface area contributed by atoms with E-state index in [1.165, 1.54) is 4.90 Å². The van der Waals surface area contributed by atoms with Crippen LogP contribution in [0.3, 0.4) is 0 Å². The highest BCUT2D eigenvalue weighted by molar-refractivity contribution is 5.90. The number of carbonyl (C=O) groups is 2. The van der Waals surface area contributed by atoms with E-state index in [1.807, 2.05) is 24.3 Å². The van der Waals surface area contributed by atoms with E-state index in [9.17, 15) is 30.0 Å². The van der Waals surface area contributed by atoms with Crippen molar-refractivity contribution in [3.05, 3.63) is 35.5 Å². The Balaban J connectivity index is 1.62. The Morgan fingerprint density at radius 2 is 1.91 bits per heavy atom. The van der Waals surface area contributed by atoms with E-state index in [-0.39, 0.29) is 13.0 Å². The summed E-state index contributed by atoms with van der Waals surface area (Å²) in [6.07, 6.45) is -6.48. The van der Waals surface area contributed by atoms with Crippen LogP contribution in [-0.2, 0) is 27.2 Å². The zero-order chi connectivity index (χ0) is 24.8. The number of carbonyl (C=O) groups excluding carboxylic acids is 2. The molecule has 2 amide bonds. The Kier molecular flexibility index (Phi) is 6.58. The predicted molar refractivity (Wildman–Crippen MR) is 119 cm³/mol. The molecule has 186 valence electrons. The molecule has 2 aromatic rings. The summed E-state index contributed by atoms with van der Waals surface area (Å²) in [6, 6.07) is 5.24. The molecule has 6 N–H and O–H groups in total. The normalized spacial score (nSPS) is 29.6. The minimum Gasteiger partial charge on any atom is -0.444 e. The lowest BCUT2D eigenvalue weighted by Crippen LogP contribution is -2.66. The van der Waals surface area contributed by atoms with Crippen LogP contribution in [0.2, 0.25) is 0 Å². The fraction of sp³-hybridized carbons (Fsp3) is 0.565. The van der Waals surface area contributed by atoms with E-state index in [2.05, 4.69) is 10.3 Å². The molecule has 1 aromatic carbocycles. The quantitative estimate of drug-likeness (QED) is 0.352. The predicted octanol–water partition coefficient (Wildman–Crippen LogP) is -0.254. The fourth-order valence-electron chi connectivity index (χ4n) is 4.47. The number of aromatic nitrogens is 1. The summed E-state index contributed by atoms with van der Waals surface area (Å²) >= 11 is 0. The summed E-state index contributed by atoms with van der Waals surface area (Å²) in [5.41, 5.74) is 1.77. The molecule has 0 aliphatic carbocycles. The second-order valence-corrected chi connectivity index (χ2v) is 9.72. The Labute approximate surface area is 196 Å². The van der Waals surface area contributed by atoms with Crippen molar-refractivity contribution < 1.29 is 39.5 Å². The third-order valence-corrected chi connectivity index (χ3v) is 6.14. The first-order valence-electron chi connectivity index (χ1n) is 11.2. The number of fused-ring (bicyclic) bond motifs is 3. The average Bonchev–Trinajstić information content (AvgIpc) is 3.14. The number of hydrogen-bond donors (Lipinski definition) is 6. The van der Waals surface area contributed by atoms with Crippen molar-refractivity contribution in [3.63, 3.8) is 0 Å². The van der Waals surface area contributed by atoms with Crippen molar-refractivity contribution in [3.8, 4) is 0 Å². The number of H-pyrrole nitrogens is 1. The van der Waals surface area contributed by atoms with E-state index in [4.69, 9.17) is 9.47 Å². The molecule has 0 bridgehead atoms. The summed E-state index contributed by atoms with van der Waals surface area (Å²) in [7, 11) is 0. The third kappa shape index (κ3) is 4.62. The highest BCUT2D eigenvalue weighted by Crippen LogP contribution is 2.31. The van der Waals surface area contributed by atoms with Gasteiger partial charge in [-0.05, 0) is 32.4 Å². The number of nitrogens with zero attached hydrogens (tertiary/aromatic N) is 1. The van der Waals surface area contributed by atoms with Gasteiger partial charge in [-0.2, -0.15) is 0 Å². The van der Waals surface area contributed by atoms with Gasteiger partial charge in [-0.1, -0.05) is 18.2 Å². The van der Waals surface area contributed by atoms with E-state index in [0.29, 0.717) is 0 Å². The Bertz CT molecular complexity index is 1060. The summed E-state index contributed by atoms with van der Waals surface area (Å²) < 4.78 is 10.7. The van der Waals surface area contributed by atoms with Crippen LogP contribution in [0.1, 0.15) is 32.0 Å². The molecule has 1 fully saturated rings. The number of aliphatic hydroxyl groups excluding tert-OH is 4. The van der Waals surface area contributed by atoms with E-state index < -0.39 is 60.9 Å². The van der Waals surface area contributed by atoms with Gasteiger partial charge >= 0.3 is 6.09 Å². The van der Waals surface area contributed by atoms with Gasteiger partial charge in [0.1, 0.15) is 36.0 Å². The van der Waals surface area contributed by atoms with E-state index >= 15 is 0 Å². The van der Waals surface area contributed by atoms with Crippen molar-refractivity contribution in [2.24, 2.45) is 0 Å². The Morgan fingerprint density at radius 3 is 2.59 bits per heavy atom. The van der Waals surface area contributed by atoms with Crippen molar-refractivity contribution >= 4 is 22.9 Å². The first-order valence-corrected chi connectivity index (χ1v) is 11.2. The van der Waals surface area contributed by atoms with Crippen molar-refractivity contribution in [1.82, 2.24) is 15.2 Å². The number of amides is 2. The number of rotatable bonds is 3. The smallest absolute Gasteiger partial charge is 0.411 e. The van der Waals surface area contributed by atoms with Crippen LogP contribution in [0.25, 0.3) is 10.9 Å². The maximum atomic E-state index is 13.4. The average molecular weight is 478 g/mol. The minimum atomic E-state index is -1.67. The van der Waals surface area contributed by atoms with Crippen LogP contribution in [0.5, 0.6) is 0 Å². The lowest BCUT2D eigenvalue weighted by molar-refractivity contribution is -0.254. The summed E-state index contributed by atoms with van der Waals surface area (Å²) in [5, 5.41) is 43.6. The van der Waals surface area contributed by atoms with Crippen molar-refractivity contribution in [1.29, 1.82) is 0 Å². The van der Waals surface area contributed by atoms with Gasteiger partial charge in [-0.3, -0.25) is 9.69 Å². The molecule has 2 aliphatic heterocycles. The van der Waals surface area contributed by atoms with Gasteiger partial charge in [0, 0.05) is 23.0 Å². The van der Waals surface area contributed by atoms with Crippen molar-refractivity contribution in [2.45, 2.75) is 76.0 Å². The summed E-state index contributed by atoms with van der Waals surface area (Å²) in [4.78, 5) is 31.0. The minimum absolute atomic E-state index is 0.0957. The number of para-hydroxylation sites is 1. The van der Waals surface area contributed by atoms with Gasteiger partial charge in [0.25, 0.3) is 0 Å². The van der Waals surface area contributed by atoms with Crippen LogP contribution in [-0.4, -0.2) is 91.2 Å². The number of ether oxygens (including phenoxy) is 2. The molecular weight excluding hydrogens is 446 g/mol. The van der Waals surface area contributed by atoms with Gasteiger partial charge in [0.05, 0.1) is 13.2 Å². The topological polar surface area (TPSA) is 165 Å². The fourth-order valence-corrected chi connectivity index (χ4v) is 4.47. The maximum absolute atomic E-state index is 13.4. The lowest BCUT2D eigenvalue weighted by atomic mass is 9.94. The molecule has 0 spiro atoms. The zero-order valence-electron chi connectivity index (χ0n) is 19.3. The lowest BCUT2D eigenvalue weighted by Gasteiger charge is -2.42. The molecule has 2 aliphatic rings. The van der Waals surface area contributed by atoms with Gasteiger partial charge in [-0.15, -0.1) is 0 Å². The van der Waals surface area contributed by atoms with Crippen LogP contribution in [0.15, 0.2) is 24.3 Å².